The summed E-state index contributed by atoms with van der Waals surface area (Å²) in [5.74, 6) is -0.445. The zero-order valence-corrected chi connectivity index (χ0v) is 19.5. The fraction of sp³-hybridized carbons (Fsp3) is 0.143. The Labute approximate surface area is 190 Å². The molecule has 31 heavy (non-hydrogen) atoms. The summed E-state index contributed by atoms with van der Waals surface area (Å²) in [5.41, 5.74) is 2.47. The standard InChI is InChI=1S/C21H21N3O4S3/c1-13-4-10-17(11-5-13)31(26,27)24-16-8-6-15(7-9-16)22-21(29)23-19-18(20(25)28-3)12-14(2)30-19/h4-12,24H,1-3H3,(H2,22,23,29). The Morgan fingerprint density at radius 3 is 2.19 bits per heavy atom. The first kappa shape index (κ1) is 22.7. The third kappa shape index (κ3) is 5.81. The van der Waals surface area contributed by atoms with Gasteiger partial charge in [0.25, 0.3) is 10.0 Å². The van der Waals surface area contributed by atoms with E-state index in [1.54, 1.807) is 54.6 Å². The van der Waals surface area contributed by atoms with Crippen molar-refractivity contribution in [3.63, 3.8) is 0 Å². The van der Waals surface area contributed by atoms with Crippen LogP contribution in [0.3, 0.4) is 0 Å². The Bertz CT molecular complexity index is 1200. The number of esters is 1. The number of sulfonamides is 1. The SMILES string of the molecule is COC(=O)c1cc(C)sc1NC(=S)Nc1ccc(NS(=O)(=O)c2ccc(C)cc2)cc1. The van der Waals surface area contributed by atoms with Crippen molar-refractivity contribution in [2.45, 2.75) is 18.7 Å². The van der Waals surface area contributed by atoms with Crippen molar-refractivity contribution in [1.82, 2.24) is 0 Å². The summed E-state index contributed by atoms with van der Waals surface area (Å²) >= 11 is 6.71. The summed E-state index contributed by atoms with van der Waals surface area (Å²) in [6, 6.07) is 15.0. The minimum Gasteiger partial charge on any atom is -0.465 e. The van der Waals surface area contributed by atoms with Crippen molar-refractivity contribution in [3.05, 3.63) is 70.6 Å². The summed E-state index contributed by atoms with van der Waals surface area (Å²) in [6.07, 6.45) is 0. The molecular formula is C21H21N3O4S3. The highest BCUT2D eigenvalue weighted by Gasteiger charge is 2.17. The van der Waals surface area contributed by atoms with Crippen molar-refractivity contribution in [3.8, 4) is 0 Å². The van der Waals surface area contributed by atoms with E-state index < -0.39 is 16.0 Å². The van der Waals surface area contributed by atoms with Crippen molar-refractivity contribution in [2.75, 3.05) is 22.5 Å². The van der Waals surface area contributed by atoms with Crippen molar-refractivity contribution in [2.24, 2.45) is 0 Å². The Morgan fingerprint density at radius 1 is 0.968 bits per heavy atom. The largest absolute Gasteiger partial charge is 0.465 e. The average Bonchev–Trinajstić information content (AvgIpc) is 3.09. The van der Waals surface area contributed by atoms with Crippen LogP contribution < -0.4 is 15.4 Å². The number of aryl methyl sites for hydroxylation is 2. The molecular weight excluding hydrogens is 454 g/mol. The second-order valence-electron chi connectivity index (χ2n) is 6.67. The molecule has 0 radical (unpaired) electrons. The quantitative estimate of drug-likeness (QED) is 0.349. The number of anilines is 3. The molecule has 162 valence electrons. The first-order chi connectivity index (χ1) is 14.7. The molecule has 7 nitrogen and oxygen atoms in total. The number of carbonyl (C=O) groups is 1. The van der Waals surface area contributed by atoms with Crippen LogP contribution in [-0.2, 0) is 14.8 Å². The van der Waals surface area contributed by atoms with E-state index in [-0.39, 0.29) is 4.90 Å². The fourth-order valence-electron chi connectivity index (χ4n) is 2.69. The number of hydrogen-bond acceptors (Lipinski definition) is 6. The predicted molar refractivity (Wildman–Crippen MR) is 129 cm³/mol. The third-order valence-corrected chi connectivity index (χ3v) is 6.78. The molecule has 2 aromatic carbocycles. The molecule has 0 aliphatic carbocycles. The van der Waals surface area contributed by atoms with Gasteiger partial charge in [-0.3, -0.25) is 4.72 Å². The molecule has 0 aliphatic heterocycles. The number of carbonyl (C=O) groups excluding carboxylic acids is 1. The van der Waals surface area contributed by atoms with Crippen LogP contribution in [0.2, 0.25) is 0 Å². The predicted octanol–water partition coefficient (Wildman–Crippen LogP) is 4.76. The number of nitrogens with one attached hydrogen (secondary N) is 3. The monoisotopic (exact) mass is 475 g/mol. The molecule has 0 bridgehead atoms. The zero-order valence-electron chi connectivity index (χ0n) is 17.1. The maximum Gasteiger partial charge on any atom is 0.340 e. The lowest BCUT2D eigenvalue weighted by molar-refractivity contribution is 0.0602. The van der Waals surface area contributed by atoms with Crippen molar-refractivity contribution >= 4 is 61.0 Å². The summed E-state index contributed by atoms with van der Waals surface area (Å²) in [7, 11) is -2.35. The number of benzene rings is 2. The lowest BCUT2D eigenvalue weighted by Crippen LogP contribution is -2.20. The first-order valence-electron chi connectivity index (χ1n) is 9.14. The van der Waals surface area contributed by atoms with Crippen LogP contribution in [0.15, 0.2) is 59.5 Å². The number of thiophene rings is 1. The van der Waals surface area contributed by atoms with E-state index in [2.05, 4.69) is 15.4 Å². The second kappa shape index (κ2) is 9.46. The molecule has 0 amide bonds. The van der Waals surface area contributed by atoms with Crippen LogP contribution >= 0.6 is 23.6 Å². The molecule has 3 N–H and O–H groups in total. The molecule has 0 fully saturated rings. The highest BCUT2D eigenvalue weighted by molar-refractivity contribution is 7.92. The number of thiocarbonyl (C=S) groups is 1. The van der Waals surface area contributed by atoms with Gasteiger partial charge in [-0.25, -0.2) is 13.2 Å². The molecule has 0 aliphatic rings. The Morgan fingerprint density at radius 2 is 1.58 bits per heavy atom. The number of ether oxygens (including phenoxy) is 1. The highest BCUT2D eigenvalue weighted by atomic mass is 32.2. The lowest BCUT2D eigenvalue weighted by Gasteiger charge is -2.12. The lowest BCUT2D eigenvalue weighted by atomic mass is 10.2. The van der Waals surface area contributed by atoms with E-state index in [4.69, 9.17) is 17.0 Å². The van der Waals surface area contributed by atoms with Crippen molar-refractivity contribution < 1.29 is 17.9 Å². The molecule has 0 atom stereocenters. The van der Waals surface area contributed by atoms with Gasteiger partial charge in [0.05, 0.1) is 17.6 Å². The molecule has 0 spiro atoms. The van der Waals surface area contributed by atoms with E-state index in [0.717, 1.165) is 10.4 Å². The molecule has 0 unspecified atom stereocenters. The van der Waals surface area contributed by atoms with Gasteiger partial charge in [-0.15, -0.1) is 11.3 Å². The molecule has 3 aromatic rings. The van der Waals surface area contributed by atoms with E-state index in [9.17, 15) is 13.2 Å². The van der Waals surface area contributed by atoms with Gasteiger partial charge in [0.15, 0.2) is 5.11 Å². The summed E-state index contributed by atoms with van der Waals surface area (Å²) < 4.78 is 32.3. The van der Waals surface area contributed by atoms with Crippen LogP contribution in [0, 0.1) is 13.8 Å². The first-order valence-corrected chi connectivity index (χ1v) is 11.8. The van der Waals surface area contributed by atoms with Gasteiger partial charge in [0.1, 0.15) is 5.00 Å². The average molecular weight is 476 g/mol. The van der Waals surface area contributed by atoms with Gasteiger partial charge in [0.2, 0.25) is 0 Å². The second-order valence-corrected chi connectivity index (χ2v) is 10.0. The summed E-state index contributed by atoms with van der Waals surface area (Å²) in [5, 5.41) is 6.89. The van der Waals surface area contributed by atoms with Gasteiger partial charge in [0, 0.05) is 16.3 Å². The van der Waals surface area contributed by atoms with Gasteiger partial charge in [-0.1, -0.05) is 17.7 Å². The van der Waals surface area contributed by atoms with E-state index in [0.29, 0.717) is 27.1 Å². The van der Waals surface area contributed by atoms with Gasteiger partial charge >= 0.3 is 5.97 Å². The fourth-order valence-corrected chi connectivity index (χ4v) is 4.93. The summed E-state index contributed by atoms with van der Waals surface area (Å²) in [4.78, 5) is 13.0. The van der Waals surface area contributed by atoms with Crippen LogP contribution in [0.4, 0.5) is 16.4 Å². The highest BCUT2D eigenvalue weighted by Crippen LogP contribution is 2.28. The van der Waals surface area contributed by atoms with Crippen LogP contribution in [0.5, 0.6) is 0 Å². The molecule has 0 saturated heterocycles. The van der Waals surface area contributed by atoms with E-state index >= 15 is 0 Å². The normalized spacial score (nSPS) is 10.9. The summed E-state index contributed by atoms with van der Waals surface area (Å²) in [6.45, 7) is 3.78. The van der Waals surface area contributed by atoms with Crippen molar-refractivity contribution in [1.29, 1.82) is 0 Å². The van der Waals surface area contributed by atoms with Gasteiger partial charge < -0.3 is 15.4 Å². The minimum atomic E-state index is -3.67. The topological polar surface area (TPSA) is 96.5 Å². The third-order valence-electron chi connectivity index (χ3n) is 4.21. The zero-order chi connectivity index (χ0) is 22.6. The number of methoxy groups -OCH3 is 1. The maximum atomic E-state index is 12.5. The van der Waals surface area contributed by atoms with Gasteiger partial charge in [-0.2, -0.15) is 0 Å². The van der Waals surface area contributed by atoms with Gasteiger partial charge in [-0.05, 0) is 68.5 Å². The molecule has 1 heterocycles. The van der Waals surface area contributed by atoms with E-state index in [1.165, 1.54) is 18.4 Å². The Hall–Kier alpha value is -2.95. The molecule has 10 heteroatoms. The Balaban J connectivity index is 1.65. The smallest absolute Gasteiger partial charge is 0.340 e. The molecule has 0 saturated carbocycles. The maximum absolute atomic E-state index is 12.5. The molecule has 1 aromatic heterocycles. The molecule has 3 rings (SSSR count). The number of hydrogen-bond donors (Lipinski definition) is 3. The number of rotatable bonds is 6. The van der Waals surface area contributed by atoms with Crippen LogP contribution in [0.1, 0.15) is 20.8 Å². The minimum absolute atomic E-state index is 0.193. The Kier molecular flexibility index (Phi) is 6.94. The van der Waals surface area contributed by atoms with Crippen LogP contribution in [-0.4, -0.2) is 26.6 Å². The van der Waals surface area contributed by atoms with Crippen LogP contribution in [0.25, 0.3) is 0 Å². The van der Waals surface area contributed by atoms with E-state index in [1.807, 2.05) is 13.8 Å².